The van der Waals surface area contributed by atoms with Gasteiger partial charge in [-0.1, -0.05) is 11.6 Å². The van der Waals surface area contributed by atoms with Crippen LogP contribution in [-0.2, 0) is 0 Å². The molecule has 0 spiro atoms. The van der Waals surface area contributed by atoms with E-state index in [1.807, 2.05) is 30.4 Å². The van der Waals surface area contributed by atoms with Crippen molar-refractivity contribution in [2.75, 3.05) is 0 Å². The molecule has 6 heteroatoms. The summed E-state index contributed by atoms with van der Waals surface area (Å²) in [5, 5.41) is 10.3. The molecule has 0 amide bonds. The fourth-order valence-electron chi connectivity index (χ4n) is 2.72. The lowest BCUT2D eigenvalue weighted by molar-refractivity contribution is 0.475. The van der Waals surface area contributed by atoms with Gasteiger partial charge in [0.05, 0.1) is 22.4 Å². The van der Waals surface area contributed by atoms with E-state index >= 15 is 0 Å². The van der Waals surface area contributed by atoms with Gasteiger partial charge in [-0.05, 0) is 44.2 Å². The third kappa shape index (κ3) is 2.12. The first-order valence-electron chi connectivity index (χ1n) is 7.15. The van der Waals surface area contributed by atoms with E-state index in [4.69, 9.17) is 11.6 Å². The van der Waals surface area contributed by atoms with E-state index in [1.165, 1.54) is 0 Å². The van der Waals surface area contributed by atoms with Crippen LogP contribution in [-0.4, -0.2) is 24.5 Å². The van der Waals surface area contributed by atoms with Crippen LogP contribution in [0.1, 0.15) is 11.4 Å². The highest BCUT2D eigenvalue weighted by Crippen LogP contribution is 2.32. The largest absolute Gasteiger partial charge is 0.508 e. The molecule has 0 bridgehead atoms. The lowest BCUT2D eigenvalue weighted by atomic mass is 10.2. The van der Waals surface area contributed by atoms with Gasteiger partial charge in [-0.2, -0.15) is 0 Å². The van der Waals surface area contributed by atoms with Gasteiger partial charge in [-0.3, -0.25) is 4.40 Å². The van der Waals surface area contributed by atoms with Gasteiger partial charge in [-0.15, -0.1) is 0 Å². The zero-order valence-electron chi connectivity index (χ0n) is 12.6. The van der Waals surface area contributed by atoms with Crippen molar-refractivity contribution >= 4 is 28.3 Å². The van der Waals surface area contributed by atoms with Gasteiger partial charge >= 0.3 is 0 Å². The molecule has 1 aromatic carbocycles. The number of fused-ring (bicyclic) bond motifs is 3. The van der Waals surface area contributed by atoms with Crippen molar-refractivity contribution in [2.45, 2.75) is 13.8 Å². The number of phenolic OH excluding ortho intramolecular Hbond substituents is 1. The van der Waals surface area contributed by atoms with E-state index in [1.54, 1.807) is 24.4 Å². The molecule has 0 fully saturated rings. The molecule has 3 aromatic heterocycles. The van der Waals surface area contributed by atoms with E-state index in [9.17, 15) is 5.11 Å². The second-order valence-corrected chi connectivity index (χ2v) is 5.87. The summed E-state index contributed by atoms with van der Waals surface area (Å²) in [6.45, 7) is 3.87. The van der Waals surface area contributed by atoms with Crippen molar-refractivity contribution in [2.24, 2.45) is 0 Å². The predicted octanol–water partition coefficient (Wildman–Crippen LogP) is 3.92. The van der Waals surface area contributed by atoms with E-state index in [0.29, 0.717) is 16.4 Å². The summed E-state index contributed by atoms with van der Waals surface area (Å²) in [5.41, 5.74) is 4.78. The standard InChI is InChI=1S/C17H13ClN4O/c1-9-3-6-14-17(20-9)22-15(10(2)21-14)8-19-16(22)12-7-11(23)4-5-13(12)18/h3-8,23H,1-2H3. The molecule has 0 radical (unpaired) electrons. The molecule has 0 unspecified atom stereocenters. The zero-order valence-corrected chi connectivity index (χ0v) is 13.3. The van der Waals surface area contributed by atoms with Crippen LogP contribution in [0, 0.1) is 13.8 Å². The van der Waals surface area contributed by atoms with Crippen LogP contribution in [0.5, 0.6) is 5.75 Å². The number of hydrogen-bond donors (Lipinski definition) is 1. The maximum Gasteiger partial charge on any atom is 0.165 e. The molecule has 0 aliphatic heterocycles. The zero-order chi connectivity index (χ0) is 16.1. The molecule has 114 valence electrons. The number of phenols is 1. The van der Waals surface area contributed by atoms with E-state index in [2.05, 4.69) is 15.0 Å². The minimum absolute atomic E-state index is 0.139. The van der Waals surface area contributed by atoms with Gasteiger partial charge in [0.15, 0.2) is 5.65 Å². The van der Waals surface area contributed by atoms with Crippen LogP contribution in [0.3, 0.4) is 0 Å². The lowest BCUT2D eigenvalue weighted by Crippen LogP contribution is -2.00. The smallest absolute Gasteiger partial charge is 0.165 e. The van der Waals surface area contributed by atoms with Crippen molar-refractivity contribution in [3.8, 4) is 17.1 Å². The Bertz CT molecular complexity index is 1070. The number of aromatic hydroxyl groups is 1. The molecule has 0 aliphatic carbocycles. The van der Waals surface area contributed by atoms with Crippen LogP contribution in [0.4, 0.5) is 0 Å². The third-order valence-electron chi connectivity index (χ3n) is 3.82. The highest BCUT2D eigenvalue weighted by molar-refractivity contribution is 6.33. The average molecular weight is 325 g/mol. The number of nitrogens with zero attached hydrogens (tertiary/aromatic N) is 4. The number of rotatable bonds is 1. The Balaban J connectivity index is 2.18. The first-order chi connectivity index (χ1) is 11.0. The van der Waals surface area contributed by atoms with E-state index < -0.39 is 0 Å². The van der Waals surface area contributed by atoms with Gasteiger partial charge < -0.3 is 5.11 Å². The number of imidazole rings is 1. The Morgan fingerprint density at radius 1 is 1.09 bits per heavy atom. The third-order valence-corrected chi connectivity index (χ3v) is 4.15. The van der Waals surface area contributed by atoms with Gasteiger partial charge in [0.25, 0.3) is 0 Å². The van der Waals surface area contributed by atoms with E-state index in [-0.39, 0.29) is 5.75 Å². The van der Waals surface area contributed by atoms with Crippen molar-refractivity contribution in [1.29, 1.82) is 0 Å². The van der Waals surface area contributed by atoms with E-state index in [0.717, 1.165) is 28.1 Å². The highest BCUT2D eigenvalue weighted by atomic mass is 35.5. The Hall–Kier alpha value is -2.66. The summed E-state index contributed by atoms with van der Waals surface area (Å²) in [4.78, 5) is 13.7. The molecule has 4 rings (SSSR count). The van der Waals surface area contributed by atoms with Crippen LogP contribution >= 0.6 is 11.6 Å². The van der Waals surface area contributed by atoms with Crippen LogP contribution in [0.15, 0.2) is 36.5 Å². The van der Waals surface area contributed by atoms with Gasteiger partial charge in [-0.25, -0.2) is 15.0 Å². The summed E-state index contributed by atoms with van der Waals surface area (Å²) < 4.78 is 1.94. The van der Waals surface area contributed by atoms with Crippen LogP contribution in [0.25, 0.3) is 28.1 Å². The minimum Gasteiger partial charge on any atom is -0.508 e. The normalized spacial score (nSPS) is 11.4. The Morgan fingerprint density at radius 2 is 1.91 bits per heavy atom. The summed E-state index contributed by atoms with van der Waals surface area (Å²) in [7, 11) is 0. The maximum absolute atomic E-state index is 9.80. The van der Waals surface area contributed by atoms with Crippen LogP contribution in [0.2, 0.25) is 5.02 Å². The Kier molecular flexibility index (Phi) is 2.99. The van der Waals surface area contributed by atoms with Gasteiger partial charge in [0.1, 0.15) is 17.1 Å². The Morgan fingerprint density at radius 3 is 2.74 bits per heavy atom. The van der Waals surface area contributed by atoms with Gasteiger partial charge in [0.2, 0.25) is 0 Å². The van der Waals surface area contributed by atoms with Crippen molar-refractivity contribution in [1.82, 2.24) is 19.4 Å². The lowest BCUT2D eigenvalue weighted by Gasteiger charge is -2.09. The molecule has 0 atom stereocenters. The van der Waals surface area contributed by atoms with Crippen molar-refractivity contribution in [3.63, 3.8) is 0 Å². The molecule has 3 heterocycles. The molecule has 0 saturated heterocycles. The molecule has 0 saturated carbocycles. The molecule has 0 aliphatic rings. The number of aryl methyl sites for hydroxylation is 2. The van der Waals surface area contributed by atoms with Crippen molar-refractivity contribution in [3.05, 3.63) is 52.9 Å². The first kappa shape index (κ1) is 14.0. The topological polar surface area (TPSA) is 63.3 Å². The summed E-state index contributed by atoms with van der Waals surface area (Å²) in [6, 6.07) is 8.68. The molecule has 5 nitrogen and oxygen atoms in total. The molecule has 4 aromatic rings. The second-order valence-electron chi connectivity index (χ2n) is 5.46. The number of benzene rings is 1. The fraction of sp³-hybridized carbons (Fsp3) is 0.118. The highest BCUT2D eigenvalue weighted by Gasteiger charge is 2.16. The molecule has 1 N–H and O–H groups in total. The molecular formula is C17H13ClN4O. The number of aromatic nitrogens is 4. The van der Waals surface area contributed by atoms with Gasteiger partial charge in [0, 0.05) is 11.3 Å². The molecule has 23 heavy (non-hydrogen) atoms. The number of halogens is 1. The first-order valence-corrected chi connectivity index (χ1v) is 7.52. The quantitative estimate of drug-likeness (QED) is 0.576. The second kappa shape index (κ2) is 4.93. The maximum atomic E-state index is 9.80. The van der Waals surface area contributed by atoms with Crippen molar-refractivity contribution < 1.29 is 5.11 Å². The summed E-state index contributed by atoms with van der Waals surface area (Å²) in [5.74, 6) is 0.773. The number of pyridine rings is 1. The van der Waals surface area contributed by atoms with Crippen LogP contribution < -0.4 is 0 Å². The summed E-state index contributed by atoms with van der Waals surface area (Å²) in [6.07, 6.45) is 1.75. The Labute approximate surface area is 137 Å². The minimum atomic E-state index is 0.139. The summed E-state index contributed by atoms with van der Waals surface area (Å²) >= 11 is 6.31. The number of hydrogen-bond acceptors (Lipinski definition) is 4. The fourth-order valence-corrected chi connectivity index (χ4v) is 2.92. The SMILES string of the molecule is Cc1ccc2nc(C)c3cnc(-c4cc(O)ccc4Cl)n3c2n1. The molecular weight excluding hydrogens is 312 g/mol. The monoisotopic (exact) mass is 324 g/mol. The average Bonchev–Trinajstić information content (AvgIpc) is 2.96. The predicted molar refractivity (Wildman–Crippen MR) is 89.9 cm³/mol.